The van der Waals surface area contributed by atoms with E-state index in [1.165, 1.54) is 0 Å². The third kappa shape index (κ3) is 4.58. The molecule has 114 valence electrons. The fourth-order valence-corrected chi connectivity index (χ4v) is 2.09. The lowest BCUT2D eigenvalue weighted by Gasteiger charge is -2.05. The summed E-state index contributed by atoms with van der Waals surface area (Å²) in [7, 11) is 0. The second kappa shape index (κ2) is 7.81. The second-order valence-corrected chi connectivity index (χ2v) is 4.93. The van der Waals surface area contributed by atoms with Gasteiger partial charge in [-0.2, -0.15) is 0 Å². The number of fused-ring (bicyclic) bond motifs is 1. The molecule has 0 saturated carbocycles. The first-order chi connectivity index (χ1) is 10.2. The number of hydrogen-bond donors (Lipinski definition) is 2. The van der Waals surface area contributed by atoms with Crippen molar-refractivity contribution < 1.29 is 19.1 Å². The van der Waals surface area contributed by atoms with E-state index in [2.05, 4.69) is 12.2 Å². The number of hydrogen-bond acceptors (Lipinski definition) is 4. The molecule has 0 unspecified atom stereocenters. The van der Waals surface area contributed by atoms with Crippen LogP contribution >= 0.6 is 0 Å². The zero-order chi connectivity index (χ0) is 15.1. The number of carbonyl (C=O) groups is 1. The van der Waals surface area contributed by atoms with Crippen molar-refractivity contribution in [3.8, 4) is 0 Å². The molecular weight excluding hydrogens is 270 g/mol. The van der Waals surface area contributed by atoms with Crippen molar-refractivity contribution in [3.63, 3.8) is 0 Å². The highest BCUT2D eigenvalue weighted by molar-refractivity contribution is 5.91. The van der Waals surface area contributed by atoms with E-state index in [0.717, 1.165) is 50.1 Å². The summed E-state index contributed by atoms with van der Waals surface area (Å²) in [4.78, 5) is 10.9. The molecule has 0 aliphatic rings. The fourth-order valence-electron chi connectivity index (χ4n) is 2.09. The predicted molar refractivity (Wildman–Crippen MR) is 80.6 cm³/mol. The Hall–Kier alpha value is -1.85. The van der Waals surface area contributed by atoms with Gasteiger partial charge in [0, 0.05) is 25.1 Å². The molecule has 0 aliphatic carbocycles. The minimum atomic E-state index is -1.04. The van der Waals surface area contributed by atoms with Crippen LogP contribution < -0.4 is 5.32 Å². The van der Waals surface area contributed by atoms with Gasteiger partial charge in [-0.15, -0.1) is 0 Å². The van der Waals surface area contributed by atoms with Crippen LogP contribution in [0.3, 0.4) is 0 Å². The van der Waals surface area contributed by atoms with Crippen LogP contribution in [0.25, 0.3) is 11.0 Å². The summed E-state index contributed by atoms with van der Waals surface area (Å²) < 4.78 is 10.6. The first-order valence-electron chi connectivity index (χ1n) is 7.25. The second-order valence-electron chi connectivity index (χ2n) is 4.93. The normalized spacial score (nSPS) is 11.1. The molecule has 2 aromatic rings. The molecule has 0 saturated heterocycles. The molecule has 0 atom stereocenters. The SMILES string of the molecule is CCCOCCCNCc1ccc2oc(C(=O)O)cc2c1. The Balaban J connectivity index is 1.81. The third-order valence-electron chi connectivity index (χ3n) is 3.11. The van der Waals surface area contributed by atoms with Crippen LogP contribution in [0, 0.1) is 0 Å². The number of carboxylic acid groups (broad SMARTS) is 1. The molecule has 5 nitrogen and oxygen atoms in total. The smallest absolute Gasteiger partial charge is 0.371 e. The number of furan rings is 1. The molecule has 5 heteroatoms. The maximum absolute atomic E-state index is 10.9. The minimum Gasteiger partial charge on any atom is -0.475 e. The molecule has 0 radical (unpaired) electrons. The Morgan fingerprint density at radius 1 is 1.33 bits per heavy atom. The average molecular weight is 291 g/mol. The summed E-state index contributed by atoms with van der Waals surface area (Å²) in [5.74, 6) is -1.07. The van der Waals surface area contributed by atoms with Gasteiger partial charge in [-0.05, 0) is 43.1 Å². The highest BCUT2D eigenvalue weighted by Crippen LogP contribution is 2.20. The van der Waals surface area contributed by atoms with Gasteiger partial charge in [0.05, 0.1) is 0 Å². The topological polar surface area (TPSA) is 71.7 Å². The largest absolute Gasteiger partial charge is 0.475 e. The van der Waals surface area contributed by atoms with Crippen LogP contribution in [0.4, 0.5) is 0 Å². The molecule has 2 rings (SSSR count). The van der Waals surface area contributed by atoms with E-state index in [4.69, 9.17) is 14.3 Å². The van der Waals surface area contributed by atoms with Gasteiger partial charge >= 0.3 is 5.97 Å². The van der Waals surface area contributed by atoms with E-state index in [1.54, 1.807) is 6.07 Å². The summed E-state index contributed by atoms with van der Waals surface area (Å²) >= 11 is 0. The first kappa shape index (κ1) is 15.5. The van der Waals surface area contributed by atoms with Gasteiger partial charge in [0.2, 0.25) is 5.76 Å². The Morgan fingerprint density at radius 2 is 2.19 bits per heavy atom. The van der Waals surface area contributed by atoms with Crippen molar-refractivity contribution in [2.75, 3.05) is 19.8 Å². The third-order valence-corrected chi connectivity index (χ3v) is 3.11. The van der Waals surface area contributed by atoms with Crippen LogP contribution in [0.5, 0.6) is 0 Å². The van der Waals surface area contributed by atoms with Gasteiger partial charge in [-0.25, -0.2) is 4.79 Å². The van der Waals surface area contributed by atoms with E-state index < -0.39 is 5.97 Å². The number of rotatable bonds is 9. The number of nitrogens with one attached hydrogen (secondary N) is 1. The van der Waals surface area contributed by atoms with Crippen LogP contribution in [0.15, 0.2) is 28.7 Å². The highest BCUT2D eigenvalue weighted by Gasteiger charge is 2.10. The Morgan fingerprint density at radius 3 is 2.95 bits per heavy atom. The molecule has 0 bridgehead atoms. The fraction of sp³-hybridized carbons (Fsp3) is 0.438. The van der Waals surface area contributed by atoms with E-state index in [-0.39, 0.29) is 5.76 Å². The van der Waals surface area contributed by atoms with Gasteiger partial charge in [0.1, 0.15) is 5.58 Å². The number of benzene rings is 1. The Labute approximate surface area is 123 Å². The molecule has 1 aromatic heterocycles. The average Bonchev–Trinajstić information content (AvgIpc) is 2.90. The van der Waals surface area contributed by atoms with E-state index >= 15 is 0 Å². The molecular formula is C16H21NO4. The number of carboxylic acids is 1. The van der Waals surface area contributed by atoms with Crippen molar-refractivity contribution >= 4 is 16.9 Å². The van der Waals surface area contributed by atoms with Gasteiger partial charge in [-0.3, -0.25) is 0 Å². The van der Waals surface area contributed by atoms with Crippen molar-refractivity contribution in [1.82, 2.24) is 5.32 Å². The van der Waals surface area contributed by atoms with Crippen LogP contribution in [0.1, 0.15) is 35.9 Å². The summed E-state index contributed by atoms with van der Waals surface area (Å²) in [6.45, 7) is 5.34. The standard InChI is InChI=1S/C16H21NO4/c1-2-7-20-8-3-6-17-11-12-4-5-14-13(9-12)10-15(21-14)16(18)19/h4-5,9-10,17H,2-3,6-8,11H2,1H3,(H,18,19). The Kier molecular flexibility index (Phi) is 5.78. The zero-order valence-corrected chi connectivity index (χ0v) is 12.2. The first-order valence-corrected chi connectivity index (χ1v) is 7.25. The molecule has 0 spiro atoms. The molecule has 0 fully saturated rings. The summed E-state index contributed by atoms with van der Waals surface area (Å²) in [5, 5.41) is 13.1. The maximum Gasteiger partial charge on any atom is 0.371 e. The van der Waals surface area contributed by atoms with E-state index in [1.807, 2.05) is 18.2 Å². The Bertz CT molecular complexity index is 591. The zero-order valence-electron chi connectivity index (χ0n) is 12.2. The number of ether oxygens (including phenoxy) is 1. The van der Waals surface area contributed by atoms with E-state index in [9.17, 15) is 4.79 Å². The summed E-state index contributed by atoms with van der Waals surface area (Å²) in [6, 6.07) is 7.26. The lowest BCUT2D eigenvalue weighted by atomic mass is 10.1. The molecule has 0 amide bonds. The maximum atomic E-state index is 10.9. The lowest BCUT2D eigenvalue weighted by molar-refractivity contribution is 0.0665. The monoisotopic (exact) mass is 291 g/mol. The van der Waals surface area contributed by atoms with Crippen molar-refractivity contribution in [3.05, 3.63) is 35.6 Å². The lowest BCUT2D eigenvalue weighted by Crippen LogP contribution is -2.16. The van der Waals surface area contributed by atoms with Crippen LogP contribution in [0.2, 0.25) is 0 Å². The summed E-state index contributed by atoms with van der Waals surface area (Å²) in [6.07, 6.45) is 2.04. The van der Waals surface area contributed by atoms with Crippen LogP contribution in [-0.4, -0.2) is 30.8 Å². The van der Waals surface area contributed by atoms with Crippen LogP contribution in [-0.2, 0) is 11.3 Å². The van der Waals surface area contributed by atoms with Gasteiger partial charge in [-0.1, -0.05) is 13.0 Å². The molecule has 21 heavy (non-hydrogen) atoms. The minimum absolute atomic E-state index is 0.0248. The van der Waals surface area contributed by atoms with Gasteiger partial charge in [0.15, 0.2) is 0 Å². The van der Waals surface area contributed by atoms with Crippen molar-refractivity contribution in [1.29, 1.82) is 0 Å². The summed E-state index contributed by atoms with van der Waals surface area (Å²) in [5.41, 5.74) is 1.71. The van der Waals surface area contributed by atoms with Crippen molar-refractivity contribution in [2.45, 2.75) is 26.3 Å². The quantitative estimate of drug-likeness (QED) is 0.695. The van der Waals surface area contributed by atoms with Gasteiger partial charge < -0.3 is 19.6 Å². The number of aromatic carboxylic acids is 1. The molecule has 1 aromatic carbocycles. The molecule has 2 N–H and O–H groups in total. The van der Waals surface area contributed by atoms with Crippen molar-refractivity contribution in [2.24, 2.45) is 0 Å². The predicted octanol–water partition coefficient (Wildman–Crippen LogP) is 3.04. The molecule has 1 heterocycles. The highest BCUT2D eigenvalue weighted by atomic mass is 16.5. The van der Waals surface area contributed by atoms with E-state index in [0.29, 0.717) is 5.58 Å². The molecule has 0 aliphatic heterocycles. The van der Waals surface area contributed by atoms with Gasteiger partial charge in [0.25, 0.3) is 0 Å².